The number of alkyl halides is 3. The molecular formula is C24H22F4N6OS. The van der Waals surface area contributed by atoms with E-state index in [1.54, 1.807) is 48.2 Å². The third-order valence-corrected chi connectivity index (χ3v) is 7.22. The van der Waals surface area contributed by atoms with Gasteiger partial charge in [-0.15, -0.1) is 11.3 Å². The first-order chi connectivity index (χ1) is 17.1. The Kier molecular flexibility index (Phi) is 6.07. The normalized spacial score (nSPS) is 17.5. The Morgan fingerprint density at radius 1 is 1.22 bits per heavy atom. The van der Waals surface area contributed by atoms with Crippen molar-refractivity contribution in [1.29, 1.82) is 0 Å². The maximum atomic E-state index is 13.9. The summed E-state index contributed by atoms with van der Waals surface area (Å²) in [4.78, 5) is 14.0. The molecule has 1 amide bonds. The molecule has 0 bridgehead atoms. The van der Waals surface area contributed by atoms with Crippen LogP contribution in [0.15, 0.2) is 48.0 Å². The Labute approximate surface area is 207 Å². The summed E-state index contributed by atoms with van der Waals surface area (Å²) in [6.45, 7) is 3.86. The number of aromatic nitrogens is 4. The fraction of sp³-hybridized carbons (Fsp3) is 0.292. The summed E-state index contributed by atoms with van der Waals surface area (Å²) in [5, 5.41) is 16.1. The fourth-order valence-electron chi connectivity index (χ4n) is 4.38. The van der Waals surface area contributed by atoms with Crippen LogP contribution in [0.2, 0.25) is 0 Å². The van der Waals surface area contributed by atoms with Crippen molar-refractivity contribution >= 4 is 28.7 Å². The summed E-state index contributed by atoms with van der Waals surface area (Å²) in [6, 6.07) is 7.10. The van der Waals surface area contributed by atoms with Crippen molar-refractivity contribution in [2.24, 2.45) is 0 Å². The second-order valence-electron chi connectivity index (χ2n) is 8.64. The number of nitrogens with one attached hydrogen (secondary N) is 2. The highest BCUT2D eigenvalue weighted by Crippen LogP contribution is 2.45. The van der Waals surface area contributed by atoms with E-state index < -0.39 is 24.2 Å². The van der Waals surface area contributed by atoms with Crippen molar-refractivity contribution in [3.05, 3.63) is 81.2 Å². The molecule has 2 N–H and O–H groups in total. The van der Waals surface area contributed by atoms with Crippen molar-refractivity contribution in [2.45, 2.75) is 45.1 Å². The first kappa shape index (κ1) is 24.0. The van der Waals surface area contributed by atoms with Crippen LogP contribution in [-0.2, 0) is 6.54 Å². The number of anilines is 2. The van der Waals surface area contributed by atoms with Gasteiger partial charge in [-0.3, -0.25) is 9.48 Å². The molecule has 36 heavy (non-hydrogen) atoms. The monoisotopic (exact) mass is 518 g/mol. The van der Waals surface area contributed by atoms with Crippen molar-refractivity contribution in [1.82, 2.24) is 19.6 Å². The highest BCUT2D eigenvalue weighted by atomic mass is 32.1. The maximum Gasteiger partial charge on any atom is 0.410 e. The number of hydrogen-bond acceptors (Lipinski definition) is 5. The van der Waals surface area contributed by atoms with E-state index in [0.29, 0.717) is 23.6 Å². The molecule has 5 rings (SSSR count). The number of halogens is 4. The molecule has 1 aromatic carbocycles. The lowest BCUT2D eigenvalue weighted by Gasteiger charge is -2.33. The van der Waals surface area contributed by atoms with Gasteiger partial charge in [0.2, 0.25) is 0 Å². The molecule has 0 fully saturated rings. The topological polar surface area (TPSA) is 76.8 Å². The Balaban J connectivity index is 1.42. The highest BCUT2D eigenvalue weighted by Gasteiger charge is 2.47. The molecule has 2 unspecified atom stereocenters. The molecule has 188 valence electrons. The third-order valence-electron chi connectivity index (χ3n) is 6.24. The molecule has 4 aromatic rings. The van der Waals surface area contributed by atoms with Gasteiger partial charge >= 0.3 is 6.18 Å². The quantitative estimate of drug-likeness (QED) is 0.325. The standard InChI is InChI=1S/C24H22F4N6OS/c1-13-21(14(2)33(32-13)12-15-5-7-16(25)8-6-15)31-23(35)17-11-29-34-20(24(26,27)28)10-18(30-22(17)34)19-4-3-9-36-19/h3-9,11,18,20,30H,10,12H2,1-2H3,(H,31,35). The van der Waals surface area contributed by atoms with Gasteiger partial charge in [0.05, 0.1) is 35.9 Å². The SMILES string of the molecule is Cc1nn(Cc2ccc(F)cc2)c(C)c1NC(=O)c1cnn2c1NC(c1cccs1)CC2C(F)(F)F. The summed E-state index contributed by atoms with van der Waals surface area (Å²) in [5.74, 6) is -0.912. The van der Waals surface area contributed by atoms with E-state index in [9.17, 15) is 22.4 Å². The van der Waals surface area contributed by atoms with Crippen molar-refractivity contribution in [3.63, 3.8) is 0 Å². The molecule has 12 heteroatoms. The molecule has 0 radical (unpaired) electrons. The minimum Gasteiger partial charge on any atom is -0.362 e. The zero-order chi connectivity index (χ0) is 25.6. The Hall–Kier alpha value is -3.67. The number of amides is 1. The summed E-state index contributed by atoms with van der Waals surface area (Å²) in [5.41, 5.74) is 2.49. The summed E-state index contributed by atoms with van der Waals surface area (Å²) in [6.07, 6.45) is -3.60. The van der Waals surface area contributed by atoms with Gasteiger partial charge in [0.25, 0.3) is 5.91 Å². The molecule has 7 nitrogen and oxygen atoms in total. The first-order valence-corrected chi connectivity index (χ1v) is 12.0. The van der Waals surface area contributed by atoms with Gasteiger partial charge in [-0.05, 0) is 43.0 Å². The second kappa shape index (κ2) is 9.08. The number of hydrogen-bond donors (Lipinski definition) is 2. The number of thiophene rings is 1. The van der Waals surface area contributed by atoms with Crippen LogP contribution in [-0.4, -0.2) is 31.6 Å². The van der Waals surface area contributed by atoms with Crippen LogP contribution in [0.5, 0.6) is 0 Å². The van der Waals surface area contributed by atoms with Gasteiger partial charge in [0.1, 0.15) is 17.2 Å². The van der Waals surface area contributed by atoms with Crippen LogP contribution >= 0.6 is 11.3 Å². The van der Waals surface area contributed by atoms with E-state index in [-0.39, 0.29) is 23.6 Å². The fourth-order valence-corrected chi connectivity index (χ4v) is 5.17. The van der Waals surface area contributed by atoms with E-state index in [0.717, 1.165) is 21.3 Å². The highest BCUT2D eigenvalue weighted by molar-refractivity contribution is 7.10. The Bertz CT molecular complexity index is 1390. The number of nitrogens with zero attached hydrogens (tertiary/aromatic N) is 4. The first-order valence-electron chi connectivity index (χ1n) is 11.2. The maximum absolute atomic E-state index is 13.9. The minimum absolute atomic E-state index is 0.00981. The van der Waals surface area contributed by atoms with Gasteiger partial charge in [-0.2, -0.15) is 23.4 Å². The van der Waals surface area contributed by atoms with Crippen LogP contribution in [0, 0.1) is 19.7 Å². The van der Waals surface area contributed by atoms with Gasteiger partial charge in [-0.1, -0.05) is 18.2 Å². The number of rotatable bonds is 5. The summed E-state index contributed by atoms with van der Waals surface area (Å²) >= 11 is 1.35. The van der Waals surface area contributed by atoms with Crippen LogP contribution in [0.1, 0.15) is 50.7 Å². The van der Waals surface area contributed by atoms with Gasteiger partial charge in [0, 0.05) is 11.3 Å². The Morgan fingerprint density at radius 2 is 1.97 bits per heavy atom. The zero-order valence-corrected chi connectivity index (χ0v) is 20.1. The number of benzene rings is 1. The molecule has 1 aliphatic heterocycles. The number of fused-ring (bicyclic) bond motifs is 1. The minimum atomic E-state index is -4.53. The lowest BCUT2D eigenvalue weighted by Crippen LogP contribution is -2.36. The molecule has 0 saturated heterocycles. The number of aryl methyl sites for hydroxylation is 1. The number of carbonyl (C=O) groups excluding carboxylic acids is 1. The molecule has 0 spiro atoms. The van der Waals surface area contributed by atoms with Crippen molar-refractivity contribution in [3.8, 4) is 0 Å². The number of carbonyl (C=O) groups is 1. The predicted molar refractivity (Wildman–Crippen MR) is 128 cm³/mol. The van der Waals surface area contributed by atoms with Gasteiger partial charge in [0.15, 0.2) is 6.04 Å². The van der Waals surface area contributed by atoms with Crippen LogP contribution < -0.4 is 10.6 Å². The lowest BCUT2D eigenvalue weighted by atomic mass is 10.0. The zero-order valence-electron chi connectivity index (χ0n) is 19.3. The average molecular weight is 519 g/mol. The smallest absolute Gasteiger partial charge is 0.362 e. The Morgan fingerprint density at radius 3 is 2.64 bits per heavy atom. The van der Waals surface area contributed by atoms with Crippen LogP contribution in [0.25, 0.3) is 0 Å². The molecule has 3 aromatic heterocycles. The molecule has 1 aliphatic rings. The molecule has 0 saturated carbocycles. The lowest BCUT2D eigenvalue weighted by molar-refractivity contribution is -0.173. The van der Waals surface area contributed by atoms with E-state index in [1.165, 1.54) is 23.5 Å². The van der Waals surface area contributed by atoms with E-state index in [4.69, 9.17) is 0 Å². The van der Waals surface area contributed by atoms with Crippen LogP contribution in [0.3, 0.4) is 0 Å². The third kappa shape index (κ3) is 4.48. The van der Waals surface area contributed by atoms with Gasteiger partial charge < -0.3 is 10.6 Å². The summed E-state index contributed by atoms with van der Waals surface area (Å²) < 4.78 is 57.4. The largest absolute Gasteiger partial charge is 0.410 e. The predicted octanol–water partition coefficient (Wildman–Crippen LogP) is 5.86. The van der Waals surface area contributed by atoms with E-state index in [2.05, 4.69) is 20.8 Å². The second-order valence-corrected chi connectivity index (χ2v) is 9.62. The van der Waals surface area contributed by atoms with Crippen molar-refractivity contribution in [2.75, 3.05) is 10.6 Å². The van der Waals surface area contributed by atoms with Crippen LogP contribution in [0.4, 0.5) is 29.1 Å². The molecule has 2 atom stereocenters. The summed E-state index contributed by atoms with van der Waals surface area (Å²) in [7, 11) is 0. The van der Waals surface area contributed by atoms with Crippen molar-refractivity contribution < 1.29 is 22.4 Å². The van der Waals surface area contributed by atoms with E-state index in [1.807, 2.05) is 0 Å². The molecular weight excluding hydrogens is 496 g/mol. The molecule has 0 aliphatic carbocycles. The van der Waals surface area contributed by atoms with E-state index >= 15 is 0 Å². The average Bonchev–Trinajstić information content (AvgIpc) is 3.56. The van der Waals surface area contributed by atoms with Gasteiger partial charge in [-0.25, -0.2) is 9.07 Å². The molecule has 4 heterocycles.